The highest BCUT2D eigenvalue weighted by atomic mass is 28.3. The first kappa shape index (κ1) is 12.7. The molecule has 0 aliphatic heterocycles. The second kappa shape index (κ2) is 3.59. The number of hydrogen-bond donors (Lipinski definition) is 0. The molecule has 0 spiro atoms. The molecule has 0 aromatic rings. The van der Waals surface area contributed by atoms with Gasteiger partial charge in [0.1, 0.15) is 0 Å². The minimum Gasteiger partial charge on any atom is -0.468 e. The molecule has 0 aromatic heterocycles. The van der Waals surface area contributed by atoms with Gasteiger partial charge in [-0.15, -0.1) is 0 Å². The van der Waals surface area contributed by atoms with E-state index in [-0.39, 0.29) is 11.9 Å². The first-order valence-electron chi connectivity index (χ1n) is 5.43. The van der Waals surface area contributed by atoms with Crippen LogP contribution in [0, 0.1) is 5.92 Å². The lowest BCUT2D eigenvalue weighted by Crippen LogP contribution is -2.23. The van der Waals surface area contributed by atoms with Gasteiger partial charge in [-0.05, 0) is 0 Å². The molecular formula is C11H22O2Si2. The molecule has 1 aliphatic rings. The van der Waals surface area contributed by atoms with Crippen molar-refractivity contribution < 1.29 is 9.53 Å². The summed E-state index contributed by atoms with van der Waals surface area (Å²) in [5, 5.41) is 2.93. The normalized spacial score (nSPS) is 18.1. The van der Waals surface area contributed by atoms with Gasteiger partial charge in [-0.3, -0.25) is 4.79 Å². The molecule has 1 rings (SSSR count). The van der Waals surface area contributed by atoms with Crippen LogP contribution in [0.4, 0.5) is 0 Å². The number of rotatable bonds is 3. The first-order valence-corrected chi connectivity index (χ1v) is 12.4. The van der Waals surface area contributed by atoms with E-state index in [2.05, 4.69) is 39.3 Å². The van der Waals surface area contributed by atoms with Crippen LogP contribution in [-0.2, 0) is 9.53 Å². The average molecular weight is 242 g/mol. The molecule has 0 bridgehead atoms. The Bertz CT molecular complexity index is 294. The van der Waals surface area contributed by atoms with Gasteiger partial charge in [0.25, 0.3) is 0 Å². The van der Waals surface area contributed by atoms with Crippen LogP contribution in [0.25, 0.3) is 0 Å². The minimum absolute atomic E-state index is 0.0372. The Hall–Kier alpha value is -0.356. The van der Waals surface area contributed by atoms with E-state index in [1.165, 1.54) is 17.5 Å². The van der Waals surface area contributed by atoms with Gasteiger partial charge in [0, 0.05) is 0 Å². The second-order valence-corrected chi connectivity index (χ2v) is 16.4. The molecule has 0 unspecified atom stereocenters. The second-order valence-electron chi connectivity index (χ2n) is 6.28. The predicted molar refractivity (Wildman–Crippen MR) is 69.2 cm³/mol. The van der Waals surface area contributed by atoms with E-state index < -0.39 is 16.1 Å². The Balaban J connectivity index is 2.99. The van der Waals surface area contributed by atoms with Crippen molar-refractivity contribution in [3.63, 3.8) is 0 Å². The van der Waals surface area contributed by atoms with Crippen molar-refractivity contribution >= 4 is 22.1 Å². The number of esters is 1. The number of methoxy groups -OCH3 is 1. The van der Waals surface area contributed by atoms with Crippen LogP contribution in [0.2, 0.25) is 39.3 Å². The van der Waals surface area contributed by atoms with Crippen LogP contribution in [-0.4, -0.2) is 29.2 Å². The summed E-state index contributed by atoms with van der Waals surface area (Å²) in [6.45, 7) is 13.9. The van der Waals surface area contributed by atoms with Gasteiger partial charge in [-0.1, -0.05) is 49.7 Å². The molecule has 0 amide bonds. The van der Waals surface area contributed by atoms with Gasteiger partial charge in [0.05, 0.1) is 29.2 Å². The summed E-state index contributed by atoms with van der Waals surface area (Å²) in [5.74, 6) is 0.0261. The number of hydrogen-bond acceptors (Lipinski definition) is 2. The lowest BCUT2D eigenvalue weighted by molar-refractivity contribution is -0.141. The van der Waals surface area contributed by atoms with Gasteiger partial charge >= 0.3 is 5.97 Å². The quantitative estimate of drug-likeness (QED) is 0.562. The predicted octanol–water partition coefficient (Wildman–Crippen LogP) is 2.84. The van der Waals surface area contributed by atoms with Crippen molar-refractivity contribution in [2.45, 2.75) is 39.3 Å². The maximum Gasteiger partial charge on any atom is 0.316 e. The smallest absolute Gasteiger partial charge is 0.316 e. The van der Waals surface area contributed by atoms with Crippen molar-refractivity contribution in [1.82, 2.24) is 0 Å². The Morgan fingerprint density at radius 1 is 1.00 bits per heavy atom. The molecule has 2 nitrogen and oxygen atoms in total. The Morgan fingerprint density at radius 2 is 1.33 bits per heavy atom. The summed E-state index contributed by atoms with van der Waals surface area (Å²) in [7, 11) is -1.16. The van der Waals surface area contributed by atoms with Crippen molar-refractivity contribution in [2.75, 3.05) is 7.11 Å². The lowest BCUT2D eigenvalue weighted by atomic mass is 10.4. The molecule has 0 radical (unpaired) electrons. The molecule has 4 heteroatoms. The number of carbonyl (C=O) groups is 1. The molecule has 86 valence electrons. The molecule has 0 saturated heterocycles. The van der Waals surface area contributed by atoms with E-state index in [4.69, 9.17) is 4.74 Å². The van der Waals surface area contributed by atoms with Crippen LogP contribution in [0.1, 0.15) is 0 Å². The maximum atomic E-state index is 11.7. The Kier molecular flexibility index (Phi) is 3.04. The Labute approximate surface area is 94.7 Å². The third kappa shape index (κ3) is 2.42. The van der Waals surface area contributed by atoms with E-state index in [0.29, 0.717) is 0 Å². The summed E-state index contributed by atoms with van der Waals surface area (Å²) in [5.41, 5.74) is 0. The zero-order valence-corrected chi connectivity index (χ0v) is 12.9. The summed E-state index contributed by atoms with van der Waals surface area (Å²) < 4.78 is 4.89. The monoisotopic (exact) mass is 242 g/mol. The van der Waals surface area contributed by atoms with Crippen molar-refractivity contribution in [3.8, 4) is 0 Å². The molecule has 0 aromatic carbocycles. The summed E-state index contributed by atoms with van der Waals surface area (Å²) in [4.78, 5) is 11.7. The van der Waals surface area contributed by atoms with Gasteiger partial charge in [-0.25, -0.2) is 0 Å². The number of ether oxygens (including phenoxy) is 1. The van der Waals surface area contributed by atoms with E-state index in [1.54, 1.807) is 0 Å². The Morgan fingerprint density at radius 3 is 1.53 bits per heavy atom. The fourth-order valence-corrected chi connectivity index (χ4v) is 8.66. The van der Waals surface area contributed by atoms with Crippen LogP contribution >= 0.6 is 0 Å². The van der Waals surface area contributed by atoms with Crippen LogP contribution < -0.4 is 0 Å². The highest BCUT2D eigenvalue weighted by Crippen LogP contribution is 2.50. The zero-order valence-electron chi connectivity index (χ0n) is 10.9. The summed E-state index contributed by atoms with van der Waals surface area (Å²) >= 11 is 0. The van der Waals surface area contributed by atoms with Crippen LogP contribution in [0.5, 0.6) is 0 Å². The average Bonchev–Trinajstić information content (AvgIpc) is 2.74. The summed E-state index contributed by atoms with van der Waals surface area (Å²) in [6, 6.07) is 0. The molecule has 15 heavy (non-hydrogen) atoms. The van der Waals surface area contributed by atoms with Crippen molar-refractivity contribution in [1.29, 1.82) is 0 Å². The van der Waals surface area contributed by atoms with Gasteiger partial charge in [0.2, 0.25) is 0 Å². The third-order valence-corrected chi connectivity index (χ3v) is 7.44. The molecule has 0 N–H and O–H groups in total. The molecule has 0 heterocycles. The molecule has 0 atom stereocenters. The number of carbonyl (C=O) groups excluding carboxylic acids is 1. The third-order valence-electron chi connectivity index (χ3n) is 2.84. The lowest BCUT2D eigenvalue weighted by Gasteiger charge is -2.12. The fraction of sp³-hybridized carbons (Fsp3) is 0.727. The van der Waals surface area contributed by atoms with Crippen LogP contribution in [0.15, 0.2) is 10.4 Å². The minimum atomic E-state index is -1.32. The van der Waals surface area contributed by atoms with Gasteiger partial charge in [-0.2, -0.15) is 0 Å². The molecule has 1 aliphatic carbocycles. The molecular weight excluding hydrogens is 220 g/mol. The van der Waals surface area contributed by atoms with Crippen molar-refractivity contribution in [3.05, 3.63) is 10.4 Å². The fourth-order valence-electron chi connectivity index (χ4n) is 2.25. The first-order chi connectivity index (χ1) is 6.60. The van der Waals surface area contributed by atoms with E-state index in [9.17, 15) is 4.79 Å². The molecule has 0 fully saturated rings. The van der Waals surface area contributed by atoms with E-state index in [0.717, 1.165) is 0 Å². The van der Waals surface area contributed by atoms with E-state index in [1.807, 2.05) is 0 Å². The van der Waals surface area contributed by atoms with Gasteiger partial charge in [0.15, 0.2) is 0 Å². The standard InChI is InChI=1S/C11H22O2Si2/c1-13-11(12)8-9(14(2,3)4)10(8)15(5,6)7/h8H,1-7H3. The van der Waals surface area contributed by atoms with E-state index >= 15 is 0 Å². The zero-order chi connectivity index (χ0) is 12.0. The summed E-state index contributed by atoms with van der Waals surface area (Å²) in [6.07, 6.45) is 0. The highest BCUT2D eigenvalue weighted by Gasteiger charge is 2.53. The van der Waals surface area contributed by atoms with Gasteiger partial charge < -0.3 is 4.74 Å². The SMILES string of the molecule is COC(=O)C1C([Si](C)(C)C)=C1[Si](C)(C)C. The largest absolute Gasteiger partial charge is 0.468 e. The van der Waals surface area contributed by atoms with Crippen molar-refractivity contribution in [2.24, 2.45) is 5.92 Å². The molecule has 0 saturated carbocycles. The maximum absolute atomic E-state index is 11.7. The topological polar surface area (TPSA) is 26.3 Å². The highest BCUT2D eigenvalue weighted by molar-refractivity contribution is 6.93. The van der Waals surface area contributed by atoms with Crippen LogP contribution in [0.3, 0.4) is 0 Å².